The second-order valence-corrected chi connectivity index (χ2v) is 12.6. The van der Waals surface area contributed by atoms with E-state index >= 15 is 0 Å². The third kappa shape index (κ3) is 4.26. The van der Waals surface area contributed by atoms with E-state index in [0.29, 0.717) is 18.4 Å². The predicted molar refractivity (Wildman–Crippen MR) is 163 cm³/mol. The molecule has 0 radical (unpaired) electrons. The number of ether oxygens (including phenoxy) is 2. The summed E-state index contributed by atoms with van der Waals surface area (Å²) in [4.78, 5) is 27.5. The zero-order chi connectivity index (χ0) is 29.0. The fourth-order valence-corrected chi connectivity index (χ4v) is 8.40. The molecule has 7 rings (SSSR count). The van der Waals surface area contributed by atoms with Crippen molar-refractivity contribution in [3.05, 3.63) is 95.1 Å². The Kier molecular flexibility index (Phi) is 6.68. The average molecular weight is 563 g/mol. The molecular formula is C36H38N2O4. The van der Waals surface area contributed by atoms with Crippen LogP contribution < -0.4 is 9.75 Å². The van der Waals surface area contributed by atoms with Gasteiger partial charge in [0.1, 0.15) is 12.4 Å². The lowest BCUT2D eigenvalue weighted by atomic mass is 9.55. The molecule has 0 bridgehead atoms. The van der Waals surface area contributed by atoms with Crippen LogP contribution >= 0.6 is 0 Å². The maximum Gasteiger partial charge on any atom is 0.355 e. The lowest BCUT2D eigenvalue weighted by Crippen LogP contribution is -2.48. The van der Waals surface area contributed by atoms with Crippen LogP contribution in [0.4, 0.5) is 5.69 Å². The summed E-state index contributed by atoms with van der Waals surface area (Å²) in [5.74, 6) is 0.826. The number of fused-ring (bicyclic) bond motifs is 7. The van der Waals surface area contributed by atoms with Gasteiger partial charge in [-0.1, -0.05) is 61.0 Å². The van der Waals surface area contributed by atoms with Gasteiger partial charge in [0, 0.05) is 5.41 Å². The van der Waals surface area contributed by atoms with E-state index in [0.717, 1.165) is 48.2 Å². The number of carbonyl (C=O) groups is 2. The monoisotopic (exact) mass is 562 g/mol. The Morgan fingerprint density at radius 1 is 1.05 bits per heavy atom. The summed E-state index contributed by atoms with van der Waals surface area (Å²) in [6, 6.07) is 24.9. The fraction of sp³-hybridized carbons (Fsp3) is 0.417. The number of hydrazone groups is 1. The molecular weight excluding hydrogens is 524 g/mol. The molecule has 6 atom stereocenters. The Labute approximate surface area is 247 Å². The number of benzene rings is 3. The first-order chi connectivity index (χ1) is 20.4. The van der Waals surface area contributed by atoms with Crippen molar-refractivity contribution >= 4 is 23.2 Å². The third-order valence-corrected chi connectivity index (χ3v) is 10.3. The molecule has 1 aliphatic heterocycles. The van der Waals surface area contributed by atoms with E-state index in [4.69, 9.17) is 14.6 Å². The van der Waals surface area contributed by atoms with Crippen molar-refractivity contribution in [2.45, 2.75) is 65.0 Å². The van der Waals surface area contributed by atoms with Crippen LogP contribution in [0.5, 0.6) is 5.75 Å². The molecule has 0 N–H and O–H groups in total. The molecule has 216 valence electrons. The average Bonchev–Trinajstić information content (AvgIpc) is 3.50. The minimum absolute atomic E-state index is 0.0906. The smallest absolute Gasteiger partial charge is 0.355 e. The summed E-state index contributed by atoms with van der Waals surface area (Å²) < 4.78 is 11.6. The Hall–Kier alpha value is -3.93. The van der Waals surface area contributed by atoms with Gasteiger partial charge in [0.2, 0.25) is 0 Å². The van der Waals surface area contributed by atoms with E-state index in [1.54, 1.807) is 6.92 Å². The maximum atomic E-state index is 14.3. The molecule has 2 fully saturated rings. The fourth-order valence-electron chi connectivity index (χ4n) is 8.40. The number of esters is 1. The Bertz CT molecular complexity index is 1550. The zero-order valence-electron chi connectivity index (χ0n) is 24.6. The van der Waals surface area contributed by atoms with Gasteiger partial charge < -0.3 is 9.47 Å². The van der Waals surface area contributed by atoms with Crippen LogP contribution in [0.3, 0.4) is 0 Å². The highest BCUT2D eigenvalue weighted by molar-refractivity contribution is 6.43. The minimum Gasteiger partial charge on any atom is -0.489 e. The number of aryl methyl sites for hydroxylation is 2. The number of nitrogens with zero attached hydrogens (tertiary/aromatic N) is 2. The molecule has 42 heavy (non-hydrogen) atoms. The quantitative estimate of drug-likeness (QED) is 0.315. The number of rotatable bonds is 6. The number of hydrogen-bond donors (Lipinski definition) is 0. The molecule has 3 aromatic carbocycles. The van der Waals surface area contributed by atoms with E-state index in [1.165, 1.54) is 11.1 Å². The van der Waals surface area contributed by atoms with E-state index in [1.807, 2.05) is 23.2 Å². The molecule has 3 aromatic rings. The van der Waals surface area contributed by atoms with Crippen LogP contribution in [0.15, 0.2) is 77.9 Å². The molecule has 6 nitrogen and oxygen atoms in total. The van der Waals surface area contributed by atoms with Crippen LogP contribution in [-0.4, -0.2) is 30.1 Å². The SMILES string of the molecule is CCOC(=O)C1=NN(c2ccc(C)cc2)[C@H]2[C@@H]1C(=O)[C@@]1(C)CC[C@@H]3c4ccc(OCc5ccccc5)cc4CC[C@H]3[C@H]21. The molecule has 0 aromatic heterocycles. The van der Waals surface area contributed by atoms with Crippen molar-refractivity contribution in [3.8, 4) is 5.75 Å². The van der Waals surface area contributed by atoms with Gasteiger partial charge in [0.15, 0.2) is 11.5 Å². The van der Waals surface area contributed by atoms with Crippen LogP contribution in [0.2, 0.25) is 0 Å². The van der Waals surface area contributed by atoms with E-state index < -0.39 is 17.3 Å². The number of Topliss-reactive ketones (excluding diaryl/α,β-unsaturated/α-hetero) is 1. The lowest BCUT2D eigenvalue weighted by molar-refractivity contribution is -0.137. The molecule has 3 aliphatic carbocycles. The van der Waals surface area contributed by atoms with Gasteiger partial charge in [-0.15, -0.1) is 0 Å². The molecule has 0 spiro atoms. The van der Waals surface area contributed by atoms with Crippen LogP contribution in [0.25, 0.3) is 0 Å². The molecule has 0 saturated heterocycles. The van der Waals surface area contributed by atoms with Crippen molar-refractivity contribution in [2.75, 3.05) is 11.6 Å². The summed E-state index contributed by atoms with van der Waals surface area (Å²) in [5, 5.41) is 6.83. The lowest BCUT2D eigenvalue weighted by Gasteiger charge is -2.50. The van der Waals surface area contributed by atoms with Crippen molar-refractivity contribution in [2.24, 2.45) is 28.3 Å². The highest BCUT2D eigenvalue weighted by atomic mass is 16.5. The molecule has 6 heteroatoms. The molecule has 0 amide bonds. The van der Waals surface area contributed by atoms with E-state index in [2.05, 4.69) is 68.4 Å². The summed E-state index contributed by atoms with van der Waals surface area (Å²) >= 11 is 0. The Balaban J connectivity index is 1.22. The van der Waals surface area contributed by atoms with E-state index in [9.17, 15) is 9.59 Å². The number of hydrogen-bond acceptors (Lipinski definition) is 6. The topological polar surface area (TPSA) is 68.2 Å². The summed E-state index contributed by atoms with van der Waals surface area (Å²) in [5.41, 5.74) is 5.76. The van der Waals surface area contributed by atoms with Gasteiger partial charge in [0.05, 0.1) is 24.3 Å². The molecule has 4 aliphatic rings. The first-order valence-electron chi connectivity index (χ1n) is 15.3. The minimum atomic E-state index is -0.561. The highest BCUT2D eigenvalue weighted by Crippen LogP contribution is 2.63. The van der Waals surface area contributed by atoms with Crippen LogP contribution in [-0.2, 0) is 27.4 Å². The summed E-state index contributed by atoms with van der Waals surface area (Å²) in [6.07, 6.45) is 3.74. The van der Waals surface area contributed by atoms with Gasteiger partial charge in [-0.25, -0.2) is 4.79 Å². The van der Waals surface area contributed by atoms with Crippen LogP contribution in [0, 0.1) is 30.1 Å². The van der Waals surface area contributed by atoms with Gasteiger partial charge in [-0.3, -0.25) is 9.80 Å². The largest absolute Gasteiger partial charge is 0.489 e. The van der Waals surface area contributed by atoms with Gasteiger partial charge in [0.25, 0.3) is 0 Å². The Morgan fingerprint density at radius 2 is 1.83 bits per heavy atom. The maximum absolute atomic E-state index is 14.3. The number of ketones is 1. The van der Waals surface area contributed by atoms with Gasteiger partial charge in [-0.2, -0.15) is 5.10 Å². The van der Waals surface area contributed by atoms with Crippen molar-refractivity contribution in [1.82, 2.24) is 0 Å². The first-order valence-corrected chi connectivity index (χ1v) is 15.3. The van der Waals surface area contributed by atoms with Crippen molar-refractivity contribution in [3.63, 3.8) is 0 Å². The number of anilines is 1. The third-order valence-electron chi connectivity index (χ3n) is 10.3. The predicted octanol–water partition coefficient (Wildman–Crippen LogP) is 6.64. The second-order valence-electron chi connectivity index (χ2n) is 12.6. The number of carbonyl (C=O) groups excluding carboxylic acids is 2. The first kappa shape index (κ1) is 26.9. The second kappa shape index (κ2) is 10.4. The summed E-state index contributed by atoms with van der Waals surface area (Å²) in [6.45, 7) is 6.81. The highest BCUT2D eigenvalue weighted by Gasteiger charge is 2.68. The normalized spacial score (nSPS) is 29.2. The molecule has 1 heterocycles. The van der Waals surface area contributed by atoms with Crippen molar-refractivity contribution in [1.29, 1.82) is 0 Å². The zero-order valence-corrected chi connectivity index (χ0v) is 24.6. The molecule has 2 saturated carbocycles. The van der Waals surface area contributed by atoms with Gasteiger partial charge >= 0.3 is 5.97 Å². The van der Waals surface area contributed by atoms with Gasteiger partial charge in [-0.05, 0) is 98.2 Å². The Morgan fingerprint density at radius 3 is 2.60 bits per heavy atom. The standard InChI is InChI=1S/C36H38N2O4/c1-4-41-35(40)32-30-33(38(37-32)25-13-10-22(2)11-14-25)31-29-16-12-24-20-26(42-21-23-8-6-5-7-9-23)15-17-27(24)28(29)18-19-36(31,3)34(30)39/h5-11,13-15,17,20,28-31,33H,4,12,16,18-19,21H2,1-3H3/t28-,29-,30-,31-,33+,36+/m1/s1. The van der Waals surface area contributed by atoms with Crippen molar-refractivity contribution < 1.29 is 19.1 Å². The van der Waals surface area contributed by atoms with E-state index in [-0.39, 0.29) is 30.1 Å². The van der Waals surface area contributed by atoms with Crippen LogP contribution in [0.1, 0.15) is 61.3 Å². The summed E-state index contributed by atoms with van der Waals surface area (Å²) in [7, 11) is 0. The molecule has 0 unspecified atom stereocenters.